The summed E-state index contributed by atoms with van der Waals surface area (Å²) in [7, 11) is 1.67. The fraction of sp³-hybridized carbons (Fsp3) is 0.417. The Bertz CT molecular complexity index is 1020. The van der Waals surface area contributed by atoms with E-state index in [1.807, 2.05) is 18.3 Å². The molecule has 0 bridgehead atoms. The maximum Gasteiger partial charge on any atom is 0.191 e. The molecule has 2 aromatic heterocycles. The molecule has 7 nitrogen and oxygen atoms in total. The predicted octanol–water partition coefficient (Wildman–Crippen LogP) is 3.89. The lowest BCUT2D eigenvalue weighted by atomic mass is 10.1. The van der Waals surface area contributed by atoms with Crippen molar-refractivity contribution < 1.29 is 9.47 Å². The number of hydrogen-bond acceptors (Lipinski definition) is 4. The van der Waals surface area contributed by atoms with E-state index in [9.17, 15) is 0 Å². The number of benzene rings is 1. The summed E-state index contributed by atoms with van der Waals surface area (Å²) in [5, 5.41) is 6.72. The number of ether oxygens (including phenoxy) is 2. The highest BCUT2D eigenvalue weighted by atomic mass is 127. The molecule has 3 rings (SSSR count). The van der Waals surface area contributed by atoms with E-state index in [2.05, 4.69) is 60.2 Å². The summed E-state index contributed by atoms with van der Waals surface area (Å²) in [5.41, 5.74) is 5.46. The van der Waals surface area contributed by atoms with Gasteiger partial charge in [-0.1, -0.05) is 18.2 Å². The van der Waals surface area contributed by atoms with Gasteiger partial charge in [-0.15, -0.1) is 24.0 Å². The van der Waals surface area contributed by atoms with Gasteiger partial charge < -0.3 is 24.5 Å². The third kappa shape index (κ3) is 7.37. The number of methoxy groups -OCH3 is 1. The molecule has 32 heavy (non-hydrogen) atoms. The van der Waals surface area contributed by atoms with Crippen LogP contribution in [-0.4, -0.2) is 48.8 Å². The van der Waals surface area contributed by atoms with Gasteiger partial charge in [0.05, 0.1) is 18.8 Å². The minimum atomic E-state index is 0. The van der Waals surface area contributed by atoms with Crippen LogP contribution < -0.4 is 15.4 Å². The summed E-state index contributed by atoms with van der Waals surface area (Å²) in [5.74, 6) is 1.64. The Morgan fingerprint density at radius 2 is 2.00 bits per heavy atom. The number of aryl methyl sites for hydroxylation is 2. The zero-order valence-corrected chi connectivity index (χ0v) is 21.7. The number of nitrogens with one attached hydrogen (secondary N) is 2. The van der Waals surface area contributed by atoms with Gasteiger partial charge >= 0.3 is 0 Å². The number of aromatic nitrogens is 2. The molecular weight excluding hydrogens is 517 g/mol. The average Bonchev–Trinajstić information content (AvgIpc) is 3.17. The summed E-state index contributed by atoms with van der Waals surface area (Å²) in [6, 6.07) is 10.3. The van der Waals surface area contributed by atoms with E-state index in [-0.39, 0.29) is 24.0 Å². The van der Waals surface area contributed by atoms with E-state index >= 15 is 0 Å². The summed E-state index contributed by atoms with van der Waals surface area (Å²) >= 11 is 0. The van der Waals surface area contributed by atoms with Crippen molar-refractivity contribution >= 4 is 35.6 Å². The second-order valence-electron chi connectivity index (χ2n) is 7.48. The Labute approximate surface area is 207 Å². The molecule has 3 aromatic rings. The van der Waals surface area contributed by atoms with Crippen molar-refractivity contribution in [1.82, 2.24) is 20.0 Å². The summed E-state index contributed by atoms with van der Waals surface area (Å²) in [6.45, 7) is 9.36. The van der Waals surface area contributed by atoms with Crippen molar-refractivity contribution in [1.29, 1.82) is 0 Å². The largest absolute Gasteiger partial charge is 0.491 e. The Morgan fingerprint density at radius 1 is 1.16 bits per heavy atom. The minimum Gasteiger partial charge on any atom is -0.491 e. The van der Waals surface area contributed by atoms with Crippen molar-refractivity contribution in [2.45, 2.75) is 33.7 Å². The molecule has 2 N–H and O–H groups in total. The molecule has 0 aliphatic rings. The van der Waals surface area contributed by atoms with Crippen LogP contribution in [0, 0.1) is 13.8 Å². The van der Waals surface area contributed by atoms with Crippen molar-refractivity contribution in [3.63, 3.8) is 0 Å². The molecule has 0 unspecified atom stereocenters. The van der Waals surface area contributed by atoms with Crippen molar-refractivity contribution in [3.05, 3.63) is 65.1 Å². The molecule has 174 valence electrons. The first-order valence-corrected chi connectivity index (χ1v) is 10.8. The van der Waals surface area contributed by atoms with Crippen LogP contribution in [0.4, 0.5) is 0 Å². The number of fused-ring (bicyclic) bond motifs is 1. The van der Waals surface area contributed by atoms with Gasteiger partial charge in [0.25, 0.3) is 0 Å². The van der Waals surface area contributed by atoms with Crippen LogP contribution >= 0.6 is 24.0 Å². The molecule has 2 heterocycles. The molecule has 0 radical (unpaired) electrons. The average molecular weight is 551 g/mol. The molecule has 0 amide bonds. The zero-order valence-electron chi connectivity index (χ0n) is 19.4. The minimum absolute atomic E-state index is 0. The second kappa shape index (κ2) is 13.3. The number of guanidine groups is 1. The van der Waals surface area contributed by atoms with Crippen molar-refractivity contribution in [2.75, 3.05) is 33.4 Å². The first-order chi connectivity index (χ1) is 15.1. The molecule has 0 atom stereocenters. The van der Waals surface area contributed by atoms with E-state index in [0.717, 1.165) is 53.7 Å². The number of imidazole rings is 1. The Hall–Kier alpha value is -2.33. The van der Waals surface area contributed by atoms with E-state index in [1.54, 1.807) is 7.11 Å². The molecule has 8 heteroatoms. The number of pyridine rings is 1. The van der Waals surface area contributed by atoms with Crippen LogP contribution in [0.15, 0.2) is 47.7 Å². The summed E-state index contributed by atoms with van der Waals surface area (Å²) in [4.78, 5) is 9.49. The van der Waals surface area contributed by atoms with Gasteiger partial charge in [-0.05, 0) is 44.0 Å². The second-order valence-corrected chi connectivity index (χ2v) is 7.48. The lowest BCUT2D eigenvalue weighted by Crippen LogP contribution is -2.38. The topological polar surface area (TPSA) is 72.2 Å². The van der Waals surface area contributed by atoms with Crippen LogP contribution in [-0.2, 0) is 17.7 Å². The highest BCUT2D eigenvalue weighted by molar-refractivity contribution is 14.0. The van der Waals surface area contributed by atoms with Crippen LogP contribution in [0.25, 0.3) is 5.65 Å². The Kier molecular flexibility index (Phi) is 10.8. The summed E-state index contributed by atoms with van der Waals surface area (Å²) < 4.78 is 13.0. The Balaban J connectivity index is 0.00000363. The van der Waals surface area contributed by atoms with Crippen molar-refractivity contribution in [3.8, 4) is 5.75 Å². The monoisotopic (exact) mass is 551 g/mol. The molecule has 1 aromatic carbocycles. The standard InChI is InChI=1S/C24H33N5O2.HI/c1-5-25-24(26-11-10-21-17-29-12-6-7-19(3)23(29)28-21)27-16-20-9-8-18(2)15-22(20)31-14-13-30-4;/h6-9,12,15,17H,5,10-11,13-14,16H2,1-4H3,(H2,25,26,27);1H. The lowest BCUT2D eigenvalue weighted by molar-refractivity contribution is 0.145. The van der Waals surface area contributed by atoms with E-state index in [4.69, 9.17) is 19.5 Å². The van der Waals surface area contributed by atoms with Gasteiger partial charge in [-0.3, -0.25) is 0 Å². The molecule has 0 spiro atoms. The Morgan fingerprint density at radius 3 is 2.75 bits per heavy atom. The van der Waals surface area contributed by atoms with E-state index in [1.165, 1.54) is 5.56 Å². The quantitative estimate of drug-likeness (QED) is 0.173. The number of aliphatic imine (C=N–C) groups is 1. The highest BCUT2D eigenvalue weighted by Crippen LogP contribution is 2.21. The molecule has 0 fully saturated rings. The number of rotatable bonds is 10. The molecular formula is C24H34IN5O2. The van der Waals surface area contributed by atoms with Crippen LogP contribution in [0.3, 0.4) is 0 Å². The normalized spacial score (nSPS) is 11.3. The number of hydrogen-bond donors (Lipinski definition) is 2. The van der Waals surface area contributed by atoms with E-state index in [0.29, 0.717) is 19.8 Å². The maximum absolute atomic E-state index is 5.88. The zero-order chi connectivity index (χ0) is 22.1. The fourth-order valence-corrected chi connectivity index (χ4v) is 3.30. The molecule has 0 aliphatic carbocycles. The van der Waals surface area contributed by atoms with E-state index < -0.39 is 0 Å². The van der Waals surface area contributed by atoms with Gasteiger partial charge in [0.15, 0.2) is 5.96 Å². The maximum atomic E-state index is 5.88. The van der Waals surface area contributed by atoms with Crippen LogP contribution in [0.2, 0.25) is 0 Å². The van der Waals surface area contributed by atoms with Gasteiger partial charge in [0, 0.05) is 44.6 Å². The fourth-order valence-electron chi connectivity index (χ4n) is 3.30. The van der Waals surface area contributed by atoms with Crippen LogP contribution in [0.5, 0.6) is 5.75 Å². The SMILES string of the molecule is CCNC(=NCc1ccc(C)cc1OCCOC)NCCc1cn2cccc(C)c2n1.I. The molecule has 0 saturated heterocycles. The lowest BCUT2D eigenvalue weighted by Gasteiger charge is -2.13. The van der Waals surface area contributed by atoms with Gasteiger partial charge in [-0.25, -0.2) is 9.98 Å². The summed E-state index contributed by atoms with van der Waals surface area (Å²) in [6.07, 6.45) is 4.94. The van der Waals surface area contributed by atoms with Crippen molar-refractivity contribution in [2.24, 2.45) is 4.99 Å². The number of halogens is 1. The highest BCUT2D eigenvalue weighted by Gasteiger charge is 2.07. The molecule has 0 aliphatic heterocycles. The molecule has 0 saturated carbocycles. The third-order valence-electron chi connectivity index (χ3n) is 4.92. The first-order valence-electron chi connectivity index (χ1n) is 10.8. The van der Waals surface area contributed by atoms with Gasteiger partial charge in [0.2, 0.25) is 0 Å². The predicted molar refractivity (Wildman–Crippen MR) is 140 cm³/mol. The van der Waals surface area contributed by atoms with Gasteiger partial charge in [0.1, 0.15) is 18.0 Å². The smallest absolute Gasteiger partial charge is 0.191 e. The third-order valence-corrected chi connectivity index (χ3v) is 4.92. The van der Waals surface area contributed by atoms with Crippen LogP contribution in [0.1, 0.15) is 29.3 Å². The van der Waals surface area contributed by atoms with Gasteiger partial charge in [-0.2, -0.15) is 0 Å². The first kappa shape index (κ1) is 25.9. The number of nitrogens with zero attached hydrogens (tertiary/aromatic N) is 3.